The first-order valence-corrected chi connectivity index (χ1v) is 21.0. The standard InChI is InChI=1S/C57H44N4/c58-38-51(41-19-7-2-8-20-41)56-50-30-14-13-29-49(50)54(55(61-56)43-21-9-3-10-22-43)42-33-31-40(32-34-42)46-26-16-28-48(36-46)53-37-52(59-57(60-53)44-23-11-4-12-24-44)47-27-15-25-45(35-47)39-17-5-1-6-18-39/h1-7,9-19,21-38,49-50,58,61H,8,20H2/b56-51+,58-38?. The molecule has 4 nitrogen and oxygen atoms in total. The van der Waals surface area contributed by atoms with Crippen molar-refractivity contribution >= 4 is 17.5 Å². The number of fused-ring (bicyclic) bond motifs is 1. The molecule has 61 heavy (non-hydrogen) atoms. The number of hydrogen-bond donors (Lipinski definition) is 2. The van der Waals surface area contributed by atoms with Gasteiger partial charge in [0.05, 0.1) is 17.1 Å². The molecule has 2 N–H and O–H groups in total. The van der Waals surface area contributed by atoms with Crippen LogP contribution in [0.25, 0.3) is 67.4 Å². The molecule has 4 heteroatoms. The lowest BCUT2D eigenvalue weighted by atomic mass is 9.72. The van der Waals surface area contributed by atoms with Crippen molar-refractivity contribution in [3.63, 3.8) is 0 Å². The highest BCUT2D eigenvalue weighted by atomic mass is 14.9. The first kappa shape index (κ1) is 37.6. The van der Waals surface area contributed by atoms with Gasteiger partial charge in [0, 0.05) is 46.0 Å². The zero-order chi connectivity index (χ0) is 41.0. The lowest BCUT2D eigenvalue weighted by molar-refractivity contribution is 0.597. The molecule has 10 rings (SSSR count). The predicted octanol–water partition coefficient (Wildman–Crippen LogP) is 13.8. The molecule has 0 radical (unpaired) electrons. The third-order valence-corrected chi connectivity index (χ3v) is 11.9. The van der Waals surface area contributed by atoms with Crippen LogP contribution in [0, 0.1) is 17.2 Å². The largest absolute Gasteiger partial charge is 0.357 e. The molecule has 0 spiro atoms. The summed E-state index contributed by atoms with van der Waals surface area (Å²) in [5, 5.41) is 12.5. The summed E-state index contributed by atoms with van der Waals surface area (Å²) < 4.78 is 0. The summed E-state index contributed by atoms with van der Waals surface area (Å²) in [6, 6.07) is 59.7. The predicted molar refractivity (Wildman–Crippen MR) is 253 cm³/mol. The molecular formula is C57H44N4. The molecule has 2 aliphatic carbocycles. The summed E-state index contributed by atoms with van der Waals surface area (Å²) >= 11 is 0. The molecule has 2 unspecified atom stereocenters. The van der Waals surface area contributed by atoms with Crippen LogP contribution in [-0.2, 0) is 0 Å². The molecule has 0 bridgehead atoms. The van der Waals surface area contributed by atoms with Crippen LogP contribution < -0.4 is 5.32 Å². The van der Waals surface area contributed by atoms with E-state index in [-0.39, 0.29) is 11.8 Å². The first-order valence-electron chi connectivity index (χ1n) is 21.0. The number of nitrogens with zero attached hydrogens (tertiary/aromatic N) is 2. The molecular weight excluding hydrogens is 741 g/mol. The Morgan fingerprint density at radius 1 is 0.508 bits per heavy atom. The van der Waals surface area contributed by atoms with Gasteiger partial charge < -0.3 is 10.7 Å². The third kappa shape index (κ3) is 7.68. The highest BCUT2D eigenvalue weighted by Crippen LogP contribution is 2.46. The van der Waals surface area contributed by atoms with E-state index in [1.807, 2.05) is 24.3 Å². The van der Waals surface area contributed by atoms with Crippen molar-refractivity contribution < 1.29 is 0 Å². The quantitative estimate of drug-likeness (QED) is 0.143. The van der Waals surface area contributed by atoms with Crippen molar-refractivity contribution in [2.75, 3.05) is 0 Å². The second kappa shape index (κ2) is 16.9. The highest BCUT2D eigenvalue weighted by molar-refractivity contribution is 5.96. The van der Waals surface area contributed by atoms with E-state index >= 15 is 0 Å². The fourth-order valence-corrected chi connectivity index (χ4v) is 8.85. The number of hydrogen-bond acceptors (Lipinski definition) is 4. The maximum Gasteiger partial charge on any atom is 0.160 e. The molecule has 1 aromatic heterocycles. The fraction of sp³-hybridized carbons (Fsp3) is 0.0702. The van der Waals surface area contributed by atoms with Gasteiger partial charge in [0.25, 0.3) is 0 Å². The smallest absolute Gasteiger partial charge is 0.160 e. The summed E-state index contributed by atoms with van der Waals surface area (Å²) in [5.74, 6) is 0.866. The highest BCUT2D eigenvalue weighted by Gasteiger charge is 2.36. The van der Waals surface area contributed by atoms with Gasteiger partial charge >= 0.3 is 0 Å². The Kier molecular flexibility index (Phi) is 10.4. The van der Waals surface area contributed by atoms with Crippen LogP contribution in [-0.4, -0.2) is 16.2 Å². The zero-order valence-corrected chi connectivity index (χ0v) is 33.7. The SMILES string of the molecule is N=C/C(C1=CC=CCC1)=C1\NC(c2ccccc2)=C(c2ccc(-c3cccc(-c4cc(-c5cccc(-c6ccccc6)c5)nc(-c5ccccc5)n4)c3)cc2)C2C=CC=CC12. The van der Waals surface area contributed by atoms with E-state index in [2.05, 4.69) is 193 Å². The summed E-state index contributed by atoms with van der Waals surface area (Å²) in [7, 11) is 0. The zero-order valence-electron chi connectivity index (χ0n) is 33.7. The second-order valence-corrected chi connectivity index (χ2v) is 15.7. The van der Waals surface area contributed by atoms with Crippen LogP contribution in [0.2, 0.25) is 0 Å². The van der Waals surface area contributed by atoms with Crippen molar-refractivity contribution in [3.8, 4) is 56.2 Å². The monoisotopic (exact) mass is 784 g/mol. The van der Waals surface area contributed by atoms with Crippen molar-refractivity contribution in [2.24, 2.45) is 11.8 Å². The van der Waals surface area contributed by atoms with E-state index in [0.29, 0.717) is 5.82 Å². The molecule has 1 aliphatic heterocycles. The minimum absolute atomic E-state index is 0.0755. The number of allylic oxidation sites excluding steroid dienone is 10. The van der Waals surface area contributed by atoms with Gasteiger partial charge in [-0.1, -0.05) is 194 Å². The maximum atomic E-state index is 8.58. The van der Waals surface area contributed by atoms with Crippen molar-refractivity contribution in [1.29, 1.82) is 5.41 Å². The van der Waals surface area contributed by atoms with Crippen LogP contribution >= 0.6 is 0 Å². The van der Waals surface area contributed by atoms with Gasteiger partial charge in [-0.25, -0.2) is 9.97 Å². The normalized spacial score (nSPS) is 17.6. The van der Waals surface area contributed by atoms with E-state index in [1.165, 1.54) is 22.3 Å². The van der Waals surface area contributed by atoms with Crippen molar-refractivity contribution in [2.45, 2.75) is 12.8 Å². The Morgan fingerprint density at radius 3 is 1.62 bits per heavy atom. The van der Waals surface area contributed by atoms with Crippen LogP contribution in [0.5, 0.6) is 0 Å². The molecule has 6 aromatic carbocycles. The van der Waals surface area contributed by atoms with Crippen molar-refractivity contribution in [1.82, 2.24) is 15.3 Å². The third-order valence-electron chi connectivity index (χ3n) is 11.9. The van der Waals surface area contributed by atoms with Gasteiger partial charge in [-0.2, -0.15) is 0 Å². The lowest BCUT2D eigenvalue weighted by Gasteiger charge is -2.38. The van der Waals surface area contributed by atoms with E-state index < -0.39 is 0 Å². The molecule has 0 saturated carbocycles. The van der Waals surface area contributed by atoms with Crippen molar-refractivity contribution in [3.05, 3.63) is 240 Å². The van der Waals surface area contributed by atoms with Gasteiger partial charge in [-0.05, 0) is 75.6 Å². The van der Waals surface area contributed by atoms with E-state index in [4.69, 9.17) is 15.4 Å². The summed E-state index contributed by atoms with van der Waals surface area (Å²) in [6.45, 7) is 0. The fourth-order valence-electron chi connectivity index (χ4n) is 8.85. The average molecular weight is 785 g/mol. The van der Waals surface area contributed by atoms with Gasteiger partial charge in [0.2, 0.25) is 0 Å². The molecule has 3 aliphatic rings. The molecule has 0 saturated heterocycles. The number of benzene rings is 6. The van der Waals surface area contributed by atoms with E-state index in [1.54, 1.807) is 6.21 Å². The number of rotatable bonds is 9. The molecule has 0 amide bonds. The Labute approximate surface area is 357 Å². The Bertz CT molecular complexity index is 2930. The summed E-state index contributed by atoms with van der Waals surface area (Å²) in [4.78, 5) is 10.3. The van der Waals surface area contributed by atoms with Crippen LogP contribution in [0.1, 0.15) is 24.0 Å². The van der Waals surface area contributed by atoms with Gasteiger partial charge in [0.15, 0.2) is 5.82 Å². The minimum Gasteiger partial charge on any atom is -0.357 e. The average Bonchev–Trinajstić information content (AvgIpc) is 3.35. The van der Waals surface area contributed by atoms with Gasteiger partial charge in [-0.15, -0.1) is 0 Å². The Morgan fingerprint density at radius 2 is 1.03 bits per heavy atom. The topological polar surface area (TPSA) is 61.7 Å². The van der Waals surface area contributed by atoms with Gasteiger partial charge in [0.1, 0.15) is 0 Å². The molecule has 292 valence electrons. The Hall–Kier alpha value is -7.69. The van der Waals surface area contributed by atoms with E-state index in [0.717, 1.165) is 80.1 Å². The molecule has 2 heterocycles. The molecule has 2 atom stereocenters. The van der Waals surface area contributed by atoms with E-state index in [9.17, 15) is 0 Å². The van der Waals surface area contributed by atoms with Crippen LogP contribution in [0.3, 0.4) is 0 Å². The van der Waals surface area contributed by atoms with Crippen LogP contribution in [0.4, 0.5) is 0 Å². The van der Waals surface area contributed by atoms with Crippen LogP contribution in [0.15, 0.2) is 229 Å². The summed E-state index contributed by atoms with van der Waals surface area (Å²) in [5.41, 5.74) is 17.3. The number of nitrogens with one attached hydrogen (secondary N) is 2. The summed E-state index contributed by atoms with van der Waals surface area (Å²) in [6.07, 6.45) is 18.9. The number of aromatic nitrogens is 2. The lowest BCUT2D eigenvalue weighted by Crippen LogP contribution is -2.34. The molecule has 7 aromatic rings. The van der Waals surface area contributed by atoms with Gasteiger partial charge in [-0.3, -0.25) is 0 Å². The maximum absolute atomic E-state index is 8.58. The Balaban J connectivity index is 1.04. The first-order chi connectivity index (χ1) is 30.2. The second-order valence-electron chi connectivity index (χ2n) is 15.7. The molecule has 0 fully saturated rings. The minimum atomic E-state index is 0.0755.